The molecule has 15 heavy (non-hydrogen) atoms. The molecule has 1 unspecified atom stereocenters. The zero-order chi connectivity index (χ0) is 11.9. The normalized spacial score (nSPS) is 15.1. The van der Waals surface area contributed by atoms with Gasteiger partial charge >= 0.3 is 5.97 Å². The molecule has 0 radical (unpaired) electrons. The Hall–Kier alpha value is -0.750. The predicted octanol–water partition coefficient (Wildman–Crippen LogP) is 0.809. The van der Waals surface area contributed by atoms with E-state index in [4.69, 9.17) is 0 Å². The summed E-state index contributed by atoms with van der Waals surface area (Å²) in [6.07, 6.45) is -2.20. The first-order valence-corrected chi connectivity index (χ1v) is 4.59. The van der Waals surface area contributed by atoms with Crippen molar-refractivity contribution in [3.05, 3.63) is 0 Å². The average Bonchev–Trinajstić information content (AvgIpc) is 2.22. The molecule has 0 saturated heterocycles. The molecule has 1 atom stereocenters. The number of esters is 1. The molecule has 1 N–H and O–H groups in total. The third kappa shape index (κ3) is 5.03. The lowest BCUT2D eigenvalue weighted by molar-refractivity contribution is -0.148. The first-order valence-electron chi connectivity index (χ1n) is 4.59. The fourth-order valence-corrected chi connectivity index (χ4v) is 1.00. The number of likely N-dealkylation sites (N-methyl/N-ethyl adjacent to an activating group) is 1. The molecular weight excluding hydrogens is 208 g/mol. The largest absolute Gasteiger partial charge is 0.468 e. The number of alkyl halides is 2. The highest BCUT2D eigenvalue weighted by Crippen LogP contribution is 2.11. The number of hydrogen-bond acceptors (Lipinski definition) is 4. The average molecular weight is 225 g/mol. The van der Waals surface area contributed by atoms with Crippen LogP contribution < -0.4 is 5.32 Å². The van der Waals surface area contributed by atoms with E-state index in [1.54, 1.807) is 14.0 Å². The van der Waals surface area contributed by atoms with Gasteiger partial charge in [-0.2, -0.15) is 0 Å². The van der Waals surface area contributed by atoms with Crippen LogP contribution in [0.15, 0.2) is 0 Å². The summed E-state index contributed by atoms with van der Waals surface area (Å²) in [6, 6.07) is 0. The molecule has 0 fully saturated rings. The Kier molecular flexibility index (Phi) is 6.35. The van der Waals surface area contributed by atoms with Crippen molar-refractivity contribution in [3.8, 4) is 0 Å². The van der Waals surface area contributed by atoms with Crippen molar-refractivity contribution in [2.45, 2.75) is 25.3 Å². The van der Waals surface area contributed by atoms with E-state index in [1.807, 2.05) is 0 Å². The van der Waals surface area contributed by atoms with Gasteiger partial charge < -0.3 is 14.8 Å². The summed E-state index contributed by atoms with van der Waals surface area (Å²) in [5, 5.41) is 2.78. The SMILES string of the molecule is CNC(C)(CCOCC(F)F)C(=O)OC. The first kappa shape index (κ1) is 14.2. The van der Waals surface area contributed by atoms with Crippen LogP contribution in [0.5, 0.6) is 0 Å². The van der Waals surface area contributed by atoms with Crippen LogP contribution in [0.1, 0.15) is 13.3 Å². The van der Waals surface area contributed by atoms with Crippen molar-refractivity contribution in [1.82, 2.24) is 5.32 Å². The van der Waals surface area contributed by atoms with Crippen LogP contribution in [0.25, 0.3) is 0 Å². The van der Waals surface area contributed by atoms with E-state index in [2.05, 4.69) is 14.8 Å². The molecule has 6 heteroatoms. The molecule has 0 heterocycles. The second-order valence-corrected chi connectivity index (χ2v) is 3.29. The number of nitrogens with one attached hydrogen (secondary N) is 1. The Bertz CT molecular complexity index is 202. The molecule has 0 bridgehead atoms. The predicted molar refractivity (Wildman–Crippen MR) is 50.9 cm³/mol. The van der Waals surface area contributed by atoms with E-state index in [9.17, 15) is 13.6 Å². The Balaban J connectivity index is 3.94. The molecule has 0 amide bonds. The smallest absolute Gasteiger partial charge is 0.325 e. The number of rotatable bonds is 7. The molecule has 4 nitrogen and oxygen atoms in total. The molecular formula is C9H17F2NO3. The van der Waals surface area contributed by atoms with Crippen molar-refractivity contribution in [3.63, 3.8) is 0 Å². The lowest BCUT2D eigenvalue weighted by Crippen LogP contribution is -2.49. The van der Waals surface area contributed by atoms with Crippen molar-refractivity contribution in [2.24, 2.45) is 0 Å². The highest BCUT2D eigenvalue weighted by molar-refractivity contribution is 5.80. The third-order valence-electron chi connectivity index (χ3n) is 2.18. The van der Waals surface area contributed by atoms with Gasteiger partial charge in [0, 0.05) is 6.61 Å². The maximum Gasteiger partial charge on any atom is 0.325 e. The molecule has 0 rings (SSSR count). The van der Waals surface area contributed by atoms with Crippen LogP contribution in [0.3, 0.4) is 0 Å². The molecule has 0 aliphatic rings. The van der Waals surface area contributed by atoms with Gasteiger partial charge in [-0.15, -0.1) is 0 Å². The quantitative estimate of drug-likeness (QED) is 0.514. The van der Waals surface area contributed by atoms with Crippen molar-refractivity contribution >= 4 is 5.97 Å². The summed E-state index contributed by atoms with van der Waals surface area (Å²) in [7, 11) is 2.88. The molecule has 0 saturated carbocycles. The van der Waals surface area contributed by atoms with E-state index < -0.39 is 24.5 Å². The lowest BCUT2D eigenvalue weighted by atomic mass is 9.99. The van der Waals surface area contributed by atoms with Gasteiger partial charge in [-0.25, -0.2) is 8.78 Å². The summed E-state index contributed by atoms with van der Waals surface area (Å²) in [5.41, 5.74) is -0.892. The standard InChI is InChI=1S/C9H17F2NO3/c1-9(12-2,8(13)14-3)4-5-15-6-7(10)11/h7,12H,4-6H2,1-3H3. The number of carbonyl (C=O) groups excluding carboxylic acids is 1. The highest BCUT2D eigenvalue weighted by Gasteiger charge is 2.32. The van der Waals surface area contributed by atoms with Crippen molar-refractivity contribution < 1.29 is 23.0 Å². The van der Waals surface area contributed by atoms with Crippen LogP contribution in [0, 0.1) is 0 Å². The maximum absolute atomic E-state index is 11.7. The van der Waals surface area contributed by atoms with E-state index in [0.29, 0.717) is 0 Å². The van der Waals surface area contributed by atoms with Gasteiger partial charge in [0.05, 0.1) is 7.11 Å². The summed E-state index contributed by atoms with van der Waals surface area (Å²) < 4.78 is 32.7. The second kappa shape index (κ2) is 6.68. The number of carbonyl (C=O) groups is 1. The molecule has 0 aliphatic carbocycles. The Labute approximate surface area is 87.9 Å². The van der Waals surface area contributed by atoms with Crippen LogP contribution in [-0.2, 0) is 14.3 Å². The molecule has 0 spiro atoms. The fourth-order valence-electron chi connectivity index (χ4n) is 1.00. The van der Waals surface area contributed by atoms with Gasteiger partial charge in [0.25, 0.3) is 6.43 Å². The minimum Gasteiger partial charge on any atom is -0.468 e. The molecule has 90 valence electrons. The van der Waals surface area contributed by atoms with E-state index in [-0.39, 0.29) is 13.0 Å². The fraction of sp³-hybridized carbons (Fsp3) is 0.889. The monoisotopic (exact) mass is 225 g/mol. The molecule has 0 aliphatic heterocycles. The molecule has 0 aromatic rings. The van der Waals surface area contributed by atoms with Crippen LogP contribution in [0.2, 0.25) is 0 Å². The summed E-state index contributed by atoms with van der Waals surface area (Å²) in [5.74, 6) is -0.439. The summed E-state index contributed by atoms with van der Waals surface area (Å²) in [4.78, 5) is 11.3. The molecule has 0 aromatic heterocycles. The summed E-state index contributed by atoms with van der Waals surface area (Å²) >= 11 is 0. The third-order valence-corrected chi connectivity index (χ3v) is 2.18. The van der Waals surface area contributed by atoms with Crippen LogP contribution in [-0.4, -0.2) is 45.3 Å². The summed E-state index contributed by atoms with van der Waals surface area (Å²) in [6.45, 7) is 1.10. The van der Waals surface area contributed by atoms with Gasteiger partial charge in [-0.3, -0.25) is 4.79 Å². The topological polar surface area (TPSA) is 47.6 Å². The second-order valence-electron chi connectivity index (χ2n) is 3.29. The van der Waals surface area contributed by atoms with Gasteiger partial charge in [-0.05, 0) is 20.4 Å². The van der Waals surface area contributed by atoms with Gasteiger partial charge in [-0.1, -0.05) is 0 Å². The number of ether oxygens (including phenoxy) is 2. The number of methoxy groups -OCH3 is 1. The Morgan fingerprint density at radius 3 is 2.53 bits per heavy atom. The van der Waals surface area contributed by atoms with Gasteiger partial charge in [0.15, 0.2) is 0 Å². The zero-order valence-electron chi connectivity index (χ0n) is 9.18. The van der Waals surface area contributed by atoms with Crippen LogP contribution in [0.4, 0.5) is 8.78 Å². The minimum absolute atomic E-state index is 0.0801. The lowest BCUT2D eigenvalue weighted by Gasteiger charge is -2.25. The van der Waals surface area contributed by atoms with E-state index >= 15 is 0 Å². The van der Waals surface area contributed by atoms with Crippen LogP contribution >= 0.6 is 0 Å². The number of halogens is 2. The molecule has 0 aromatic carbocycles. The van der Waals surface area contributed by atoms with E-state index in [0.717, 1.165) is 0 Å². The highest BCUT2D eigenvalue weighted by atomic mass is 19.3. The van der Waals surface area contributed by atoms with Crippen molar-refractivity contribution in [1.29, 1.82) is 0 Å². The van der Waals surface area contributed by atoms with Gasteiger partial charge in [0.1, 0.15) is 12.1 Å². The van der Waals surface area contributed by atoms with Crippen molar-refractivity contribution in [2.75, 3.05) is 27.4 Å². The minimum atomic E-state index is -2.48. The first-order chi connectivity index (χ1) is 6.96. The maximum atomic E-state index is 11.7. The Morgan fingerprint density at radius 2 is 2.13 bits per heavy atom. The van der Waals surface area contributed by atoms with Gasteiger partial charge in [0.2, 0.25) is 0 Å². The van der Waals surface area contributed by atoms with E-state index in [1.165, 1.54) is 7.11 Å². The number of hydrogen-bond donors (Lipinski definition) is 1. The zero-order valence-corrected chi connectivity index (χ0v) is 9.18. The Morgan fingerprint density at radius 1 is 1.53 bits per heavy atom.